The topological polar surface area (TPSA) is 12.0 Å². The lowest BCUT2D eigenvalue weighted by molar-refractivity contribution is 0.578. The van der Waals surface area contributed by atoms with Gasteiger partial charge in [-0.2, -0.15) is 0 Å². The fourth-order valence-corrected chi connectivity index (χ4v) is 2.11. The Kier molecular flexibility index (Phi) is 4.06. The lowest BCUT2D eigenvalue weighted by Gasteiger charge is -2.09. The van der Waals surface area contributed by atoms with Gasteiger partial charge in [0, 0.05) is 10.9 Å². The van der Waals surface area contributed by atoms with E-state index in [1.54, 1.807) is 11.3 Å². The summed E-state index contributed by atoms with van der Waals surface area (Å²) >= 11 is 7.48. The van der Waals surface area contributed by atoms with Gasteiger partial charge in [-0.15, -0.1) is 11.3 Å². The zero-order chi connectivity index (χ0) is 8.97. The van der Waals surface area contributed by atoms with Crippen molar-refractivity contribution < 1.29 is 0 Å². The second kappa shape index (κ2) is 4.85. The van der Waals surface area contributed by atoms with E-state index in [1.165, 1.54) is 11.3 Å². The standard InChI is InChI=1S/C9H14ClNS/c1-3-6-11-7(2)8-4-5-9(10)12-8/h4-5,7,11H,3,6H2,1-2H3. The Balaban J connectivity index is 2.47. The van der Waals surface area contributed by atoms with Crippen molar-refractivity contribution in [3.05, 3.63) is 21.3 Å². The Hall–Kier alpha value is -0.0500. The molecule has 1 rings (SSSR count). The molecule has 0 saturated carbocycles. The van der Waals surface area contributed by atoms with Gasteiger partial charge in [-0.1, -0.05) is 18.5 Å². The zero-order valence-corrected chi connectivity index (χ0v) is 9.00. The molecule has 3 heteroatoms. The predicted octanol–water partition coefficient (Wildman–Crippen LogP) is 3.46. The molecular formula is C9H14ClNS. The lowest BCUT2D eigenvalue weighted by Crippen LogP contribution is -2.18. The number of thiophene rings is 1. The quantitative estimate of drug-likeness (QED) is 0.791. The maximum atomic E-state index is 5.83. The van der Waals surface area contributed by atoms with E-state index in [-0.39, 0.29) is 0 Å². The first-order valence-corrected chi connectivity index (χ1v) is 5.42. The van der Waals surface area contributed by atoms with Gasteiger partial charge in [-0.05, 0) is 32.0 Å². The highest BCUT2D eigenvalue weighted by Gasteiger charge is 2.05. The van der Waals surface area contributed by atoms with Crippen LogP contribution < -0.4 is 5.32 Å². The molecule has 1 nitrogen and oxygen atoms in total. The van der Waals surface area contributed by atoms with Crippen molar-refractivity contribution in [2.24, 2.45) is 0 Å². The molecule has 0 bridgehead atoms. The van der Waals surface area contributed by atoms with E-state index in [2.05, 4.69) is 25.2 Å². The summed E-state index contributed by atoms with van der Waals surface area (Å²) in [6.07, 6.45) is 1.17. The van der Waals surface area contributed by atoms with Crippen LogP contribution in [0, 0.1) is 0 Å². The van der Waals surface area contributed by atoms with Gasteiger partial charge in [0.1, 0.15) is 0 Å². The van der Waals surface area contributed by atoms with E-state index in [1.807, 2.05) is 6.07 Å². The van der Waals surface area contributed by atoms with E-state index in [4.69, 9.17) is 11.6 Å². The summed E-state index contributed by atoms with van der Waals surface area (Å²) in [4.78, 5) is 1.31. The molecule has 0 saturated heterocycles. The van der Waals surface area contributed by atoms with Crippen LogP contribution in [0.1, 0.15) is 31.2 Å². The molecule has 1 N–H and O–H groups in total. The fourth-order valence-electron chi connectivity index (χ4n) is 1.02. The Morgan fingerprint density at radius 1 is 1.58 bits per heavy atom. The van der Waals surface area contributed by atoms with Crippen LogP contribution in [0.3, 0.4) is 0 Å². The van der Waals surface area contributed by atoms with Crippen LogP contribution in [-0.4, -0.2) is 6.54 Å². The fraction of sp³-hybridized carbons (Fsp3) is 0.556. The van der Waals surface area contributed by atoms with Crippen LogP contribution >= 0.6 is 22.9 Å². The third-order valence-corrected chi connectivity index (χ3v) is 3.14. The molecule has 0 aliphatic carbocycles. The minimum atomic E-state index is 0.433. The Morgan fingerprint density at radius 2 is 2.33 bits per heavy atom. The number of halogens is 1. The highest BCUT2D eigenvalue weighted by Crippen LogP contribution is 2.26. The summed E-state index contributed by atoms with van der Waals surface area (Å²) in [6.45, 7) is 5.40. The van der Waals surface area contributed by atoms with Gasteiger partial charge in [0.25, 0.3) is 0 Å². The Morgan fingerprint density at radius 3 is 2.83 bits per heavy atom. The Labute approximate surface area is 82.7 Å². The second-order valence-electron chi connectivity index (χ2n) is 2.82. The molecule has 1 aromatic heterocycles. The molecule has 0 radical (unpaired) electrons. The van der Waals surface area contributed by atoms with Gasteiger partial charge < -0.3 is 5.32 Å². The first-order valence-electron chi connectivity index (χ1n) is 4.22. The minimum Gasteiger partial charge on any atom is -0.309 e. The second-order valence-corrected chi connectivity index (χ2v) is 4.56. The van der Waals surface area contributed by atoms with E-state index < -0.39 is 0 Å². The minimum absolute atomic E-state index is 0.433. The predicted molar refractivity (Wildman–Crippen MR) is 56.0 cm³/mol. The summed E-state index contributed by atoms with van der Waals surface area (Å²) in [5.74, 6) is 0. The van der Waals surface area contributed by atoms with Crippen molar-refractivity contribution in [2.75, 3.05) is 6.54 Å². The molecule has 1 atom stereocenters. The summed E-state index contributed by atoms with van der Waals surface area (Å²) in [5, 5.41) is 3.41. The van der Waals surface area contributed by atoms with E-state index >= 15 is 0 Å². The van der Waals surface area contributed by atoms with Crippen LogP contribution in [0.25, 0.3) is 0 Å². The first kappa shape index (κ1) is 10.0. The van der Waals surface area contributed by atoms with Gasteiger partial charge in [-0.3, -0.25) is 0 Å². The molecule has 1 heterocycles. The van der Waals surface area contributed by atoms with Crippen LogP contribution in [0.5, 0.6) is 0 Å². The SMILES string of the molecule is CCCNC(C)c1ccc(Cl)s1. The van der Waals surface area contributed by atoms with Crippen LogP contribution in [0.4, 0.5) is 0 Å². The zero-order valence-electron chi connectivity index (χ0n) is 7.43. The molecule has 1 unspecified atom stereocenters. The molecule has 0 amide bonds. The number of hydrogen-bond acceptors (Lipinski definition) is 2. The first-order chi connectivity index (χ1) is 5.74. The van der Waals surface area contributed by atoms with Gasteiger partial charge in [0.15, 0.2) is 0 Å². The summed E-state index contributed by atoms with van der Waals surface area (Å²) in [5.41, 5.74) is 0. The maximum absolute atomic E-state index is 5.83. The molecule has 0 aromatic carbocycles. The highest BCUT2D eigenvalue weighted by atomic mass is 35.5. The number of nitrogens with one attached hydrogen (secondary N) is 1. The molecule has 0 spiro atoms. The van der Waals surface area contributed by atoms with Crippen molar-refractivity contribution in [1.82, 2.24) is 5.32 Å². The van der Waals surface area contributed by atoms with Crippen LogP contribution in [-0.2, 0) is 0 Å². The van der Waals surface area contributed by atoms with Gasteiger partial charge in [-0.25, -0.2) is 0 Å². The summed E-state index contributed by atoms with van der Waals surface area (Å²) in [6, 6.07) is 4.47. The van der Waals surface area contributed by atoms with E-state index in [0.717, 1.165) is 10.9 Å². The van der Waals surface area contributed by atoms with Crippen molar-refractivity contribution in [1.29, 1.82) is 0 Å². The average Bonchev–Trinajstić information content (AvgIpc) is 2.47. The average molecular weight is 204 g/mol. The van der Waals surface area contributed by atoms with Gasteiger partial charge >= 0.3 is 0 Å². The molecule has 0 fully saturated rings. The van der Waals surface area contributed by atoms with Crippen LogP contribution in [0.15, 0.2) is 12.1 Å². The molecule has 0 aliphatic heterocycles. The van der Waals surface area contributed by atoms with Crippen molar-refractivity contribution in [2.45, 2.75) is 26.3 Å². The summed E-state index contributed by atoms with van der Waals surface area (Å²) in [7, 11) is 0. The maximum Gasteiger partial charge on any atom is 0.0931 e. The van der Waals surface area contributed by atoms with E-state index in [9.17, 15) is 0 Å². The molecule has 12 heavy (non-hydrogen) atoms. The van der Waals surface area contributed by atoms with Crippen molar-refractivity contribution in [3.63, 3.8) is 0 Å². The normalized spacial score (nSPS) is 13.2. The van der Waals surface area contributed by atoms with E-state index in [0.29, 0.717) is 6.04 Å². The van der Waals surface area contributed by atoms with Crippen molar-refractivity contribution in [3.8, 4) is 0 Å². The Bertz CT molecular complexity index is 234. The monoisotopic (exact) mass is 203 g/mol. The van der Waals surface area contributed by atoms with Gasteiger partial charge in [0.05, 0.1) is 4.34 Å². The summed E-state index contributed by atoms with van der Waals surface area (Å²) < 4.78 is 0.871. The number of rotatable bonds is 4. The lowest BCUT2D eigenvalue weighted by atomic mass is 10.3. The smallest absolute Gasteiger partial charge is 0.0931 e. The number of hydrogen-bond donors (Lipinski definition) is 1. The third kappa shape index (κ3) is 2.77. The highest BCUT2D eigenvalue weighted by molar-refractivity contribution is 7.16. The molecule has 68 valence electrons. The molecule has 1 aromatic rings. The van der Waals surface area contributed by atoms with Gasteiger partial charge in [0.2, 0.25) is 0 Å². The third-order valence-electron chi connectivity index (χ3n) is 1.72. The molecule has 0 aliphatic rings. The van der Waals surface area contributed by atoms with Crippen molar-refractivity contribution >= 4 is 22.9 Å². The molecular weight excluding hydrogens is 190 g/mol. The van der Waals surface area contributed by atoms with Crippen LogP contribution in [0.2, 0.25) is 4.34 Å². The largest absolute Gasteiger partial charge is 0.309 e.